The van der Waals surface area contributed by atoms with Gasteiger partial charge in [-0.1, -0.05) is 65.7 Å². The molecule has 0 aliphatic heterocycles. The lowest BCUT2D eigenvalue weighted by atomic mass is 10.1. The van der Waals surface area contributed by atoms with Crippen LogP contribution in [0, 0.1) is 6.54 Å². The Labute approximate surface area is 110 Å². The number of hydrogen-bond acceptors (Lipinski definition) is 1. The van der Waals surface area contributed by atoms with E-state index in [4.69, 9.17) is 0 Å². The first-order valence-corrected chi connectivity index (χ1v) is 7.92. The minimum Gasteiger partial charge on any atom is -0.299 e. The summed E-state index contributed by atoms with van der Waals surface area (Å²) in [6.07, 6.45) is 13.6. The summed E-state index contributed by atoms with van der Waals surface area (Å²) in [6.45, 7) is 11.9. The fraction of sp³-hybridized carbons (Fsp3) is 0.938. The van der Waals surface area contributed by atoms with Gasteiger partial charge in [-0.2, -0.15) is 0 Å². The molecule has 0 aromatic carbocycles. The molecule has 17 heavy (non-hydrogen) atoms. The quantitative estimate of drug-likeness (QED) is 0.389. The standard InChI is InChI=1S/C16H34N/c1-4-7-10-11-12-13-16-17(14-8-5-2)15-9-6-3/h16H,4-15H2,1-3H3. The predicted molar refractivity (Wildman–Crippen MR) is 79.1 cm³/mol. The minimum absolute atomic E-state index is 1.27. The number of hydrogen-bond donors (Lipinski definition) is 0. The Bertz CT molecular complexity index is 125. The van der Waals surface area contributed by atoms with Gasteiger partial charge in [0.15, 0.2) is 0 Å². The van der Waals surface area contributed by atoms with Gasteiger partial charge in [0.25, 0.3) is 0 Å². The average Bonchev–Trinajstić information content (AvgIpc) is 2.35. The SMILES string of the molecule is CCCCCCC[CH]N(CCCC)CCCC. The maximum Gasteiger partial charge on any atom is 0.0251 e. The van der Waals surface area contributed by atoms with Gasteiger partial charge in [-0.3, -0.25) is 4.90 Å². The summed E-state index contributed by atoms with van der Waals surface area (Å²) in [4.78, 5) is 2.56. The molecule has 0 saturated carbocycles. The Hall–Kier alpha value is -0.0400. The third-order valence-electron chi connectivity index (χ3n) is 3.29. The van der Waals surface area contributed by atoms with E-state index in [1.54, 1.807) is 0 Å². The molecule has 1 heteroatoms. The van der Waals surface area contributed by atoms with Crippen LogP contribution in [0.3, 0.4) is 0 Å². The van der Waals surface area contributed by atoms with Crippen molar-refractivity contribution < 1.29 is 0 Å². The van der Waals surface area contributed by atoms with Crippen LogP contribution >= 0.6 is 0 Å². The number of unbranched alkanes of at least 4 members (excludes halogenated alkanes) is 7. The van der Waals surface area contributed by atoms with Crippen molar-refractivity contribution in [3.05, 3.63) is 6.54 Å². The number of nitrogens with zero attached hydrogens (tertiary/aromatic N) is 1. The number of rotatable bonds is 13. The fourth-order valence-corrected chi connectivity index (χ4v) is 2.04. The maximum absolute atomic E-state index is 2.56. The van der Waals surface area contributed by atoms with Crippen LogP contribution in [0.4, 0.5) is 0 Å². The fourth-order valence-electron chi connectivity index (χ4n) is 2.04. The van der Waals surface area contributed by atoms with Crippen molar-refractivity contribution in [2.75, 3.05) is 13.1 Å². The molecule has 103 valence electrons. The van der Waals surface area contributed by atoms with Gasteiger partial charge in [0.05, 0.1) is 0 Å². The maximum atomic E-state index is 2.56. The molecule has 0 spiro atoms. The van der Waals surface area contributed by atoms with Crippen molar-refractivity contribution in [2.24, 2.45) is 0 Å². The van der Waals surface area contributed by atoms with Crippen molar-refractivity contribution in [3.8, 4) is 0 Å². The van der Waals surface area contributed by atoms with Crippen LogP contribution in [0.25, 0.3) is 0 Å². The summed E-state index contributed by atoms with van der Waals surface area (Å²) in [7, 11) is 0. The highest BCUT2D eigenvalue weighted by molar-refractivity contribution is 4.68. The van der Waals surface area contributed by atoms with E-state index < -0.39 is 0 Å². The van der Waals surface area contributed by atoms with Crippen molar-refractivity contribution in [2.45, 2.75) is 85.0 Å². The second-order valence-corrected chi connectivity index (χ2v) is 5.13. The molecular weight excluding hydrogens is 206 g/mol. The molecule has 1 nitrogen and oxygen atoms in total. The molecule has 1 radical (unpaired) electrons. The van der Waals surface area contributed by atoms with E-state index in [0.29, 0.717) is 0 Å². The van der Waals surface area contributed by atoms with Crippen LogP contribution in [-0.4, -0.2) is 18.0 Å². The average molecular weight is 240 g/mol. The summed E-state index contributed by atoms with van der Waals surface area (Å²) < 4.78 is 0. The zero-order chi connectivity index (χ0) is 12.8. The summed E-state index contributed by atoms with van der Waals surface area (Å²) in [6, 6.07) is 0. The summed E-state index contributed by atoms with van der Waals surface area (Å²) in [5, 5.41) is 0. The van der Waals surface area contributed by atoms with Crippen LogP contribution in [0.15, 0.2) is 0 Å². The molecule has 0 saturated heterocycles. The van der Waals surface area contributed by atoms with Gasteiger partial charge >= 0.3 is 0 Å². The molecule has 0 fully saturated rings. The second kappa shape index (κ2) is 14.0. The van der Waals surface area contributed by atoms with E-state index in [2.05, 4.69) is 32.2 Å². The summed E-state index contributed by atoms with van der Waals surface area (Å²) in [5.74, 6) is 0. The van der Waals surface area contributed by atoms with E-state index in [9.17, 15) is 0 Å². The third kappa shape index (κ3) is 12.2. The molecule has 0 heterocycles. The van der Waals surface area contributed by atoms with E-state index in [0.717, 1.165) is 0 Å². The highest BCUT2D eigenvalue weighted by Crippen LogP contribution is 2.10. The summed E-state index contributed by atoms with van der Waals surface area (Å²) >= 11 is 0. The zero-order valence-electron chi connectivity index (χ0n) is 12.5. The van der Waals surface area contributed by atoms with Crippen LogP contribution in [0.2, 0.25) is 0 Å². The monoisotopic (exact) mass is 240 g/mol. The van der Waals surface area contributed by atoms with Crippen LogP contribution < -0.4 is 0 Å². The van der Waals surface area contributed by atoms with Gasteiger partial charge in [0.1, 0.15) is 0 Å². The van der Waals surface area contributed by atoms with Gasteiger partial charge in [-0.15, -0.1) is 0 Å². The Morgan fingerprint density at radius 3 is 1.71 bits per heavy atom. The second-order valence-electron chi connectivity index (χ2n) is 5.13. The largest absolute Gasteiger partial charge is 0.299 e. The Kier molecular flexibility index (Phi) is 14.0. The van der Waals surface area contributed by atoms with Gasteiger partial charge in [-0.05, 0) is 32.4 Å². The topological polar surface area (TPSA) is 3.24 Å². The van der Waals surface area contributed by atoms with Crippen molar-refractivity contribution in [1.29, 1.82) is 0 Å². The molecule has 0 rings (SSSR count). The molecule has 0 unspecified atom stereocenters. The first-order valence-electron chi connectivity index (χ1n) is 7.92. The first-order chi connectivity index (χ1) is 8.35. The lowest BCUT2D eigenvalue weighted by Crippen LogP contribution is -2.23. The van der Waals surface area contributed by atoms with E-state index in [-0.39, 0.29) is 0 Å². The molecule has 0 atom stereocenters. The van der Waals surface area contributed by atoms with Crippen LogP contribution in [-0.2, 0) is 0 Å². The van der Waals surface area contributed by atoms with Gasteiger partial charge in [0.2, 0.25) is 0 Å². The Balaban J connectivity index is 3.45. The lowest BCUT2D eigenvalue weighted by molar-refractivity contribution is 0.309. The Morgan fingerprint density at radius 1 is 0.647 bits per heavy atom. The lowest BCUT2D eigenvalue weighted by Gasteiger charge is -2.21. The highest BCUT2D eigenvalue weighted by Gasteiger charge is 2.03. The smallest absolute Gasteiger partial charge is 0.0251 e. The van der Waals surface area contributed by atoms with E-state index >= 15 is 0 Å². The Morgan fingerprint density at radius 2 is 1.18 bits per heavy atom. The third-order valence-corrected chi connectivity index (χ3v) is 3.29. The highest BCUT2D eigenvalue weighted by atomic mass is 15.1. The first kappa shape index (κ1) is 17.0. The van der Waals surface area contributed by atoms with Crippen molar-refractivity contribution >= 4 is 0 Å². The molecule has 0 aromatic heterocycles. The van der Waals surface area contributed by atoms with E-state index in [1.807, 2.05) is 0 Å². The van der Waals surface area contributed by atoms with Gasteiger partial charge < -0.3 is 0 Å². The molecule has 0 N–H and O–H groups in total. The van der Waals surface area contributed by atoms with Crippen molar-refractivity contribution in [3.63, 3.8) is 0 Å². The normalized spacial score (nSPS) is 11.3. The van der Waals surface area contributed by atoms with Crippen molar-refractivity contribution in [1.82, 2.24) is 4.90 Å². The molecule has 0 bridgehead atoms. The molecule has 0 aliphatic carbocycles. The zero-order valence-corrected chi connectivity index (χ0v) is 12.5. The molecule has 0 aliphatic rings. The van der Waals surface area contributed by atoms with Gasteiger partial charge in [-0.25, -0.2) is 0 Å². The molecular formula is C16H34N. The molecule has 0 aromatic rings. The summed E-state index contributed by atoms with van der Waals surface area (Å²) in [5.41, 5.74) is 0. The van der Waals surface area contributed by atoms with Gasteiger partial charge in [0, 0.05) is 6.54 Å². The van der Waals surface area contributed by atoms with E-state index in [1.165, 1.54) is 77.3 Å². The molecule has 0 amide bonds. The van der Waals surface area contributed by atoms with Crippen LogP contribution in [0.5, 0.6) is 0 Å². The predicted octanol–water partition coefficient (Wildman–Crippen LogP) is 5.41. The minimum atomic E-state index is 1.27. The van der Waals surface area contributed by atoms with Crippen LogP contribution in [0.1, 0.15) is 85.0 Å².